The van der Waals surface area contributed by atoms with Gasteiger partial charge in [0.15, 0.2) is 0 Å². The van der Waals surface area contributed by atoms with Crippen LogP contribution in [0.5, 0.6) is 0 Å². The molecule has 3 rings (SSSR count). The van der Waals surface area contributed by atoms with Gasteiger partial charge in [-0.2, -0.15) is 0 Å². The third kappa shape index (κ3) is 5.14. The quantitative estimate of drug-likeness (QED) is 0.645. The largest absolute Gasteiger partial charge is 0.358 e. The highest BCUT2D eigenvalue weighted by atomic mass is 19.1. The van der Waals surface area contributed by atoms with Crippen LogP contribution < -0.4 is 15.2 Å². The van der Waals surface area contributed by atoms with E-state index in [0.29, 0.717) is 30.8 Å². The number of carbonyl (C=O) groups is 1. The number of halogens is 1. The fraction of sp³-hybridized carbons (Fsp3) is 0.600. The van der Waals surface area contributed by atoms with Gasteiger partial charge < -0.3 is 19.3 Å². The van der Waals surface area contributed by atoms with Gasteiger partial charge in [0.05, 0.1) is 44.4 Å². The van der Waals surface area contributed by atoms with Crippen molar-refractivity contribution >= 4 is 22.5 Å². The minimum Gasteiger partial charge on any atom is -0.358 e. The number of fused-ring (bicyclic) bond motifs is 1. The van der Waals surface area contributed by atoms with Gasteiger partial charge in [0.25, 0.3) is 5.91 Å². The highest BCUT2D eigenvalue weighted by Gasteiger charge is 2.24. The van der Waals surface area contributed by atoms with Gasteiger partial charge in [0.1, 0.15) is 11.4 Å². The summed E-state index contributed by atoms with van der Waals surface area (Å²) < 4.78 is 17.1. The molecule has 1 aliphatic heterocycles. The van der Waals surface area contributed by atoms with Crippen LogP contribution in [0, 0.1) is 5.82 Å². The molecule has 2 aromatic rings. The third-order valence-electron chi connectivity index (χ3n) is 6.53. The molecule has 6 nitrogen and oxygen atoms in total. The summed E-state index contributed by atoms with van der Waals surface area (Å²) in [6, 6.07) is 3.12. The second kappa shape index (κ2) is 10.9. The molecular formula is C25H38FN4O2+. The Morgan fingerprint density at radius 1 is 1.09 bits per heavy atom. The number of carbonyl (C=O) groups excluding carboxylic acids is 1. The van der Waals surface area contributed by atoms with Crippen LogP contribution in [0.1, 0.15) is 56.8 Å². The lowest BCUT2D eigenvalue weighted by Gasteiger charge is -2.32. The Bertz CT molecular complexity index is 988. The van der Waals surface area contributed by atoms with Crippen molar-refractivity contribution in [1.82, 2.24) is 9.47 Å². The molecule has 0 saturated carbocycles. The molecule has 1 saturated heterocycles. The summed E-state index contributed by atoms with van der Waals surface area (Å²) in [6.45, 7) is 11.5. The average Bonchev–Trinajstić information content (AvgIpc) is 2.80. The summed E-state index contributed by atoms with van der Waals surface area (Å²) in [4.78, 5) is 31.9. The molecule has 0 spiro atoms. The number of aromatic nitrogens is 1. The second-order valence-electron chi connectivity index (χ2n) is 8.92. The summed E-state index contributed by atoms with van der Waals surface area (Å²) in [5, 5.41) is 0.282. The number of aryl methyl sites for hydroxylation is 1. The van der Waals surface area contributed by atoms with Crippen LogP contribution in [0.3, 0.4) is 0 Å². The number of pyridine rings is 1. The Morgan fingerprint density at radius 2 is 1.72 bits per heavy atom. The number of unbranched alkanes of at least 4 members (excludes halogenated alkanes) is 2. The molecule has 1 aromatic heterocycles. The lowest BCUT2D eigenvalue weighted by Crippen LogP contribution is -3.12. The van der Waals surface area contributed by atoms with Gasteiger partial charge in [-0.3, -0.25) is 9.59 Å². The van der Waals surface area contributed by atoms with Gasteiger partial charge in [-0.15, -0.1) is 0 Å². The molecule has 176 valence electrons. The maximum Gasteiger partial charge on any atom is 0.259 e. The molecule has 0 bridgehead atoms. The van der Waals surface area contributed by atoms with Gasteiger partial charge in [-0.05, 0) is 31.9 Å². The zero-order valence-corrected chi connectivity index (χ0v) is 20.0. The number of anilines is 1. The summed E-state index contributed by atoms with van der Waals surface area (Å²) >= 11 is 0. The van der Waals surface area contributed by atoms with Crippen molar-refractivity contribution in [3.8, 4) is 0 Å². The summed E-state index contributed by atoms with van der Waals surface area (Å²) in [6.07, 6.45) is 5.43. The Kier molecular flexibility index (Phi) is 8.29. The Balaban J connectivity index is 2.04. The molecule has 0 radical (unpaired) electrons. The van der Waals surface area contributed by atoms with Crippen molar-refractivity contribution in [1.29, 1.82) is 0 Å². The van der Waals surface area contributed by atoms with Crippen LogP contribution in [0.15, 0.2) is 23.1 Å². The van der Waals surface area contributed by atoms with E-state index in [4.69, 9.17) is 0 Å². The highest BCUT2D eigenvalue weighted by Crippen LogP contribution is 2.25. The van der Waals surface area contributed by atoms with Gasteiger partial charge in [-0.1, -0.05) is 26.7 Å². The monoisotopic (exact) mass is 445 g/mol. The van der Waals surface area contributed by atoms with Crippen LogP contribution >= 0.6 is 0 Å². The zero-order chi connectivity index (χ0) is 23.3. The van der Waals surface area contributed by atoms with Crippen molar-refractivity contribution in [2.45, 2.75) is 53.0 Å². The van der Waals surface area contributed by atoms with E-state index < -0.39 is 5.82 Å². The molecule has 1 aromatic carbocycles. The Morgan fingerprint density at radius 3 is 2.28 bits per heavy atom. The van der Waals surface area contributed by atoms with Gasteiger partial charge >= 0.3 is 0 Å². The first-order chi connectivity index (χ1) is 15.4. The number of piperazine rings is 1. The number of nitrogens with zero attached hydrogens (tertiary/aromatic N) is 3. The molecule has 1 amide bonds. The molecule has 1 aliphatic rings. The van der Waals surface area contributed by atoms with E-state index in [9.17, 15) is 9.59 Å². The van der Waals surface area contributed by atoms with Crippen molar-refractivity contribution < 1.29 is 14.1 Å². The first-order valence-electron chi connectivity index (χ1n) is 12.1. The summed E-state index contributed by atoms with van der Waals surface area (Å²) in [7, 11) is 2.14. The van der Waals surface area contributed by atoms with Gasteiger partial charge in [-0.25, -0.2) is 4.39 Å². The van der Waals surface area contributed by atoms with Crippen molar-refractivity contribution in [2.24, 2.45) is 0 Å². The topological polar surface area (TPSA) is 50.0 Å². The smallest absolute Gasteiger partial charge is 0.259 e. The van der Waals surface area contributed by atoms with Crippen molar-refractivity contribution in [3.05, 3.63) is 39.9 Å². The van der Waals surface area contributed by atoms with Crippen molar-refractivity contribution in [3.63, 3.8) is 0 Å². The number of amides is 1. The van der Waals surface area contributed by atoms with Gasteiger partial charge in [0, 0.05) is 31.2 Å². The standard InChI is InChI=1S/C25H37FN4O2/c1-5-8-10-30(11-9-6-2)25(32)20-18-28(7-3)22-17-23(21(26)16-19(22)24(20)31)29-14-12-27(4)13-15-29/h16-18H,5-15H2,1-4H3/p+1. The highest BCUT2D eigenvalue weighted by molar-refractivity contribution is 5.97. The number of hydrogen-bond acceptors (Lipinski definition) is 3. The molecule has 0 atom stereocenters. The minimum atomic E-state index is -0.393. The van der Waals surface area contributed by atoms with Crippen LogP contribution in [0.2, 0.25) is 0 Å². The number of likely N-dealkylation sites (N-methyl/N-ethyl adjacent to an activating group) is 1. The third-order valence-corrected chi connectivity index (χ3v) is 6.53. The van der Waals surface area contributed by atoms with E-state index in [2.05, 4.69) is 25.8 Å². The van der Waals surface area contributed by atoms with Gasteiger partial charge in [0.2, 0.25) is 5.43 Å². The Labute approximate surface area is 190 Å². The second-order valence-corrected chi connectivity index (χ2v) is 8.92. The van der Waals surface area contributed by atoms with Crippen molar-refractivity contribution in [2.75, 3.05) is 51.2 Å². The average molecular weight is 446 g/mol. The molecule has 2 heterocycles. The molecule has 32 heavy (non-hydrogen) atoms. The van der Waals surface area contributed by atoms with E-state index in [1.807, 2.05) is 11.5 Å². The fourth-order valence-electron chi connectivity index (χ4n) is 4.37. The van der Waals surface area contributed by atoms with E-state index in [0.717, 1.165) is 51.9 Å². The van der Waals surface area contributed by atoms with Crippen LogP contribution in [0.4, 0.5) is 10.1 Å². The first-order valence-corrected chi connectivity index (χ1v) is 12.1. The number of rotatable bonds is 9. The molecule has 1 N–H and O–H groups in total. The molecule has 0 aliphatic carbocycles. The zero-order valence-electron chi connectivity index (χ0n) is 20.0. The predicted molar refractivity (Wildman–Crippen MR) is 128 cm³/mol. The van der Waals surface area contributed by atoms with E-state index in [1.54, 1.807) is 17.2 Å². The SMILES string of the molecule is CCCCN(CCCC)C(=O)c1cn(CC)c2cc(N3CC[NH+](C)CC3)c(F)cc2c1=O. The van der Waals surface area contributed by atoms with E-state index in [1.165, 1.54) is 11.0 Å². The molecule has 0 unspecified atom stereocenters. The molecule has 7 heteroatoms. The van der Waals surface area contributed by atoms with E-state index >= 15 is 4.39 Å². The van der Waals surface area contributed by atoms with Crippen LogP contribution in [0.25, 0.3) is 10.9 Å². The van der Waals surface area contributed by atoms with Crippen LogP contribution in [-0.2, 0) is 6.54 Å². The predicted octanol–water partition coefficient (Wildman–Crippen LogP) is 2.54. The Hall–Kier alpha value is -2.41. The summed E-state index contributed by atoms with van der Waals surface area (Å²) in [5.74, 6) is -0.636. The molecule has 1 fully saturated rings. The fourth-order valence-corrected chi connectivity index (χ4v) is 4.37. The van der Waals surface area contributed by atoms with Crippen LogP contribution in [-0.4, -0.2) is 61.7 Å². The number of hydrogen-bond donors (Lipinski definition) is 1. The summed E-state index contributed by atoms with van der Waals surface area (Å²) in [5.41, 5.74) is 0.992. The molecular weight excluding hydrogens is 407 g/mol. The maximum absolute atomic E-state index is 15.1. The minimum absolute atomic E-state index is 0.141. The lowest BCUT2D eigenvalue weighted by atomic mass is 10.1. The first kappa shape index (κ1) is 24.2. The number of nitrogens with one attached hydrogen (secondary N) is 1. The van der Waals surface area contributed by atoms with E-state index in [-0.39, 0.29) is 22.3 Å². The maximum atomic E-state index is 15.1. The lowest BCUT2D eigenvalue weighted by molar-refractivity contribution is -0.880. The number of benzene rings is 1. The number of quaternary nitrogens is 1. The normalized spacial score (nSPS) is 14.8.